The van der Waals surface area contributed by atoms with Crippen LogP contribution >= 0.6 is 0 Å². The number of carbonyl (C=O) groups is 1. The van der Waals surface area contributed by atoms with Gasteiger partial charge in [0.15, 0.2) is 0 Å². The standard InChI is InChI=1S/C26H30N6O4/c1-26(15-33)14-29-23-19(26)11-17(13-28-23)20-5-8-27-25(31-20)32-21-4-3-16(12-22(21)35-2)24(34)30-18-6-9-36-10-7-18/h3-5,8,11-13,18,33H,6-7,9-10,14-15H2,1-2H3,(H,28,29)(H,30,34)(H,27,31,32). The number of aromatic nitrogens is 3. The number of methoxy groups -OCH3 is 1. The second-order valence-electron chi connectivity index (χ2n) is 9.36. The number of nitrogens with zero attached hydrogens (tertiary/aromatic N) is 3. The van der Waals surface area contributed by atoms with Crippen molar-refractivity contribution in [2.45, 2.75) is 31.2 Å². The summed E-state index contributed by atoms with van der Waals surface area (Å²) in [6, 6.07) is 9.17. The van der Waals surface area contributed by atoms with Gasteiger partial charge in [0, 0.05) is 60.3 Å². The summed E-state index contributed by atoms with van der Waals surface area (Å²) in [6.07, 6.45) is 5.05. The minimum atomic E-state index is -0.390. The van der Waals surface area contributed by atoms with Gasteiger partial charge in [-0.2, -0.15) is 0 Å². The maximum Gasteiger partial charge on any atom is 0.251 e. The number of carbonyl (C=O) groups excluding carboxylic acids is 1. The zero-order chi connectivity index (χ0) is 25.1. The van der Waals surface area contributed by atoms with Crippen LogP contribution in [-0.2, 0) is 10.2 Å². The van der Waals surface area contributed by atoms with E-state index in [1.807, 2.05) is 19.1 Å². The van der Waals surface area contributed by atoms with Gasteiger partial charge in [0.1, 0.15) is 11.6 Å². The second kappa shape index (κ2) is 10.1. The van der Waals surface area contributed by atoms with Crippen molar-refractivity contribution in [2.75, 3.05) is 44.1 Å². The third-order valence-electron chi connectivity index (χ3n) is 6.75. The highest BCUT2D eigenvalue weighted by molar-refractivity contribution is 5.95. The second-order valence-corrected chi connectivity index (χ2v) is 9.36. The van der Waals surface area contributed by atoms with Gasteiger partial charge in [0.05, 0.1) is 25.1 Å². The first-order valence-electron chi connectivity index (χ1n) is 12.0. The molecule has 1 unspecified atom stereocenters. The first-order valence-corrected chi connectivity index (χ1v) is 12.0. The summed E-state index contributed by atoms with van der Waals surface area (Å²) in [5.41, 5.74) is 3.26. The van der Waals surface area contributed by atoms with E-state index < -0.39 is 5.41 Å². The maximum absolute atomic E-state index is 12.7. The number of fused-ring (bicyclic) bond motifs is 1. The number of hydrogen-bond donors (Lipinski definition) is 4. The van der Waals surface area contributed by atoms with Crippen LogP contribution in [0.2, 0.25) is 0 Å². The lowest BCUT2D eigenvalue weighted by Gasteiger charge is -2.23. The summed E-state index contributed by atoms with van der Waals surface area (Å²) in [7, 11) is 1.56. The molecule has 1 saturated heterocycles. The average Bonchev–Trinajstić information content (AvgIpc) is 3.26. The van der Waals surface area contributed by atoms with Gasteiger partial charge in [-0.1, -0.05) is 6.92 Å². The highest BCUT2D eigenvalue weighted by Crippen LogP contribution is 2.37. The number of anilines is 3. The molecule has 5 rings (SSSR count). The Kier molecular flexibility index (Phi) is 6.71. The van der Waals surface area contributed by atoms with Crippen LogP contribution in [0.3, 0.4) is 0 Å². The Bertz CT molecular complexity index is 1260. The molecule has 0 bridgehead atoms. The third-order valence-corrected chi connectivity index (χ3v) is 6.75. The molecule has 36 heavy (non-hydrogen) atoms. The third kappa shape index (κ3) is 4.82. The van der Waals surface area contributed by atoms with Gasteiger partial charge >= 0.3 is 0 Å². The molecule has 1 fully saturated rings. The van der Waals surface area contributed by atoms with Gasteiger partial charge in [-0.25, -0.2) is 15.0 Å². The summed E-state index contributed by atoms with van der Waals surface area (Å²) in [5, 5.41) is 19.4. The Balaban J connectivity index is 1.34. The van der Waals surface area contributed by atoms with Crippen molar-refractivity contribution in [3.63, 3.8) is 0 Å². The summed E-state index contributed by atoms with van der Waals surface area (Å²) in [4.78, 5) is 26.2. The predicted octanol–water partition coefficient (Wildman–Crippen LogP) is 2.88. The van der Waals surface area contributed by atoms with E-state index in [4.69, 9.17) is 9.47 Å². The van der Waals surface area contributed by atoms with E-state index in [0.717, 1.165) is 29.8 Å². The molecule has 3 aromatic rings. The zero-order valence-corrected chi connectivity index (χ0v) is 20.4. The fourth-order valence-electron chi connectivity index (χ4n) is 4.47. The molecule has 0 spiro atoms. The van der Waals surface area contributed by atoms with E-state index in [-0.39, 0.29) is 18.6 Å². The van der Waals surface area contributed by atoms with Crippen LogP contribution in [0.1, 0.15) is 35.7 Å². The van der Waals surface area contributed by atoms with Crippen molar-refractivity contribution in [1.29, 1.82) is 0 Å². The molecule has 0 aliphatic carbocycles. The Labute approximate surface area is 209 Å². The van der Waals surface area contributed by atoms with Crippen LogP contribution in [0.25, 0.3) is 11.3 Å². The molecule has 1 aromatic carbocycles. The highest BCUT2D eigenvalue weighted by Gasteiger charge is 2.35. The Morgan fingerprint density at radius 1 is 1.25 bits per heavy atom. The number of aliphatic hydroxyl groups excluding tert-OH is 1. The lowest BCUT2D eigenvalue weighted by atomic mass is 9.85. The number of ether oxygens (including phenoxy) is 2. The maximum atomic E-state index is 12.7. The number of rotatable bonds is 7. The number of benzene rings is 1. The molecule has 2 aliphatic rings. The zero-order valence-electron chi connectivity index (χ0n) is 20.4. The topological polar surface area (TPSA) is 131 Å². The normalized spacial score (nSPS) is 19.3. The van der Waals surface area contributed by atoms with Crippen LogP contribution in [-0.4, -0.2) is 65.5 Å². The first kappa shape index (κ1) is 24.0. The molecule has 2 aliphatic heterocycles. The lowest BCUT2D eigenvalue weighted by molar-refractivity contribution is 0.0696. The monoisotopic (exact) mass is 490 g/mol. The van der Waals surface area contributed by atoms with Crippen molar-refractivity contribution in [2.24, 2.45) is 0 Å². The number of aliphatic hydroxyl groups is 1. The van der Waals surface area contributed by atoms with E-state index in [1.165, 1.54) is 0 Å². The van der Waals surface area contributed by atoms with Gasteiger partial charge < -0.3 is 30.5 Å². The van der Waals surface area contributed by atoms with E-state index in [1.54, 1.807) is 37.7 Å². The molecule has 2 aromatic heterocycles. The minimum absolute atomic E-state index is 0.0254. The van der Waals surface area contributed by atoms with Gasteiger partial charge in [0.25, 0.3) is 5.91 Å². The quantitative estimate of drug-likeness (QED) is 0.395. The summed E-state index contributed by atoms with van der Waals surface area (Å²) in [5.74, 6) is 1.54. The molecule has 10 heteroatoms. The molecule has 0 radical (unpaired) electrons. The van der Waals surface area contributed by atoms with E-state index in [2.05, 4.69) is 30.9 Å². The highest BCUT2D eigenvalue weighted by atomic mass is 16.5. The fourth-order valence-corrected chi connectivity index (χ4v) is 4.47. The molecule has 0 saturated carbocycles. The van der Waals surface area contributed by atoms with Crippen molar-refractivity contribution < 1.29 is 19.4 Å². The summed E-state index contributed by atoms with van der Waals surface area (Å²) < 4.78 is 10.9. The number of hydrogen-bond acceptors (Lipinski definition) is 9. The van der Waals surface area contributed by atoms with Gasteiger partial charge in [-0.3, -0.25) is 4.79 Å². The fraction of sp³-hybridized carbons (Fsp3) is 0.385. The number of nitrogens with one attached hydrogen (secondary N) is 3. The van der Waals surface area contributed by atoms with Crippen molar-refractivity contribution >= 4 is 23.4 Å². The number of amides is 1. The average molecular weight is 491 g/mol. The van der Waals surface area contributed by atoms with E-state index in [9.17, 15) is 9.90 Å². The molecule has 4 N–H and O–H groups in total. The van der Waals surface area contributed by atoms with Crippen LogP contribution in [0, 0.1) is 0 Å². The smallest absolute Gasteiger partial charge is 0.251 e. The van der Waals surface area contributed by atoms with E-state index >= 15 is 0 Å². The molecule has 188 valence electrons. The van der Waals surface area contributed by atoms with Crippen molar-refractivity contribution in [3.05, 3.63) is 53.9 Å². The minimum Gasteiger partial charge on any atom is -0.495 e. The van der Waals surface area contributed by atoms with Crippen LogP contribution < -0.4 is 20.7 Å². The van der Waals surface area contributed by atoms with Gasteiger partial charge in [-0.05, 0) is 43.2 Å². The molecular weight excluding hydrogens is 460 g/mol. The summed E-state index contributed by atoms with van der Waals surface area (Å²) >= 11 is 0. The van der Waals surface area contributed by atoms with E-state index in [0.29, 0.717) is 48.4 Å². The lowest BCUT2D eigenvalue weighted by Crippen LogP contribution is -2.38. The van der Waals surface area contributed by atoms with Gasteiger partial charge in [0.2, 0.25) is 5.95 Å². The van der Waals surface area contributed by atoms with Crippen molar-refractivity contribution in [3.8, 4) is 17.0 Å². The SMILES string of the molecule is COc1cc(C(=O)NC2CCOCC2)ccc1Nc1nccc(-c2cnc3c(c2)C(C)(CO)CN3)n1. The largest absolute Gasteiger partial charge is 0.495 e. The first-order chi connectivity index (χ1) is 17.5. The van der Waals surface area contributed by atoms with Crippen LogP contribution in [0.4, 0.5) is 17.5 Å². The molecule has 1 atom stereocenters. The van der Waals surface area contributed by atoms with Crippen molar-refractivity contribution in [1.82, 2.24) is 20.3 Å². The predicted molar refractivity (Wildman–Crippen MR) is 136 cm³/mol. The molecule has 10 nitrogen and oxygen atoms in total. The van der Waals surface area contributed by atoms with Crippen LogP contribution in [0.15, 0.2) is 42.7 Å². The molecular formula is C26H30N6O4. The Morgan fingerprint density at radius 3 is 2.86 bits per heavy atom. The Hall–Kier alpha value is -3.76. The molecule has 1 amide bonds. The number of pyridine rings is 1. The Morgan fingerprint density at radius 2 is 2.08 bits per heavy atom. The van der Waals surface area contributed by atoms with Gasteiger partial charge in [-0.15, -0.1) is 0 Å². The summed E-state index contributed by atoms with van der Waals surface area (Å²) in [6.45, 7) is 3.99. The molecule has 4 heterocycles. The van der Waals surface area contributed by atoms with Crippen LogP contribution in [0.5, 0.6) is 5.75 Å².